The van der Waals surface area contributed by atoms with Crippen molar-refractivity contribution in [2.24, 2.45) is 5.92 Å². The Morgan fingerprint density at radius 3 is 2.20 bits per heavy atom. The van der Waals surface area contributed by atoms with Gasteiger partial charge in [-0.1, -0.05) is 20.8 Å². The van der Waals surface area contributed by atoms with E-state index in [0.29, 0.717) is 6.61 Å². The maximum absolute atomic E-state index is 12.6. The number of ether oxygens (including phenoxy) is 1. The second-order valence-electron chi connectivity index (χ2n) is 9.45. The van der Waals surface area contributed by atoms with E-state index in [4.69, 9.17) is 9.16 Å². The third-order valence-electron chi connectivity index (χ3n) is 6.77. The lowest BCUT2D eigenvalue weighted by atomic mass is 9.69. The largest absolute Gasteiger partial charge is 0.464 e. The summed E-state index contributed by atoms with van der Waals surface area (Å²) in [4.78, 5) is 27.1. The third-order valence-corrected chi connectivity index (χ3v) is 11.3. The molecule has 0 aliphatic carbocycles. The fourth-order valence-electron chi connectivity index (χ4n) is 4.61. The van der Waals surface area contributed by atoms with Crippen LogP contribution in [0.1, 0.15) is 53.4 Å². The van der Waals surface area contributed by atoms with Crippen molar-refractivity contribution in [3.05, 3.63) is 0 Å². The molecule has 0 saturated carbocycles. The zero-order valence-electron chi connectivity index (χ0n) is 16.5. The molecular formula is C19H33NO4Si. The van der Waals surface area contributed by atoms with Gasteiger partial charge in [0.2, 0.25) is 0 Å². The molecule has 3 unspecified atom stereocenters. The van der Waals surface area contributed by atoms with Gasteiger partial charge in [0.1, 0.15) is 0 Å². The predicted molar refractivity (Wildman–Crippen MR) is 98.9 cm³/mol. The van der Waals surface area contributed by atoms with Crippen LogP contribution in [0.4, 0.5) is 0 Å². The molecule has 25 heavy (non-hydrogen) atoms. The molecule has 0 aromatic heterocycles. The molecule has 4 bridgehead atoms. The second kappa shape index (κ2) is 6.46. The first-order valence-electron chi connectivity index (χ1n) is 9.70. The lowest BCUT2D eigenvalue weighted by Crippen LogP contribution is -2.70. The highest BCUT2D eigenvalue weighted by molar-refractivity contribution is 6.74. The molecule has 4 rings (SSSR count). The van der Waals surface area contributed by atoms with Gasteiger partial charge >= 0.3 is 5.97 Å². The van der Waals surface area contributed by atoms with Crippen molar-refractivity contribution in [1.29, 1.82) is 0 Å². The van der Waals surface area contributed by atoms with Crippen molar-refractivity contribution in [1.82, 2.24) is 4.90 Å². The van der Waals surface area contributed by atoms with Crippen molar-refractivity contribution >= 4 is 20.1 Å². The smallest absolute Gasteiger partial charge is 0.331 e. The Labute approximate surface area is 152 Å². The fourth-order valence-corrected chi connectivity index (χ4v) is 5.99. The number of nitrogens with zero attached hydrogens (tertiary/aromatic N) is 1. The molecule has 5 nitrogen and oxygen atoms in total. The molecule has 0 aromatic carbocycles. The van der Waals surface area contributed by atoms with Gasteiger partial charge in [-0.05, 0) is 50.7 Å². The van der Waals surface area contributed by atoms with Gasteiger partial charge in [0, 0.05) is 24.1 Å². The summed E-state index contributed by atoms with van der Waals surface area (Å²) < 4.78 is 11.9. The number of rotatable bonds is 4. The molecule has 4 saturated heterocycles. The second-order valence-corrected chi connectivity index (χ2v) is 14.2. The van der Waals surface area contributed by atoms with Gasteiger partial charge in [0.25, 0.3) is 0 Å². The predicted octanol–water partition coefficient (Wildman–Crippen LogP) is 3.13. The van der Waals surface area contributed by atoms with E-state index < -0.39 is 14.4 Å². The van der Waals surface area contributed by atoms with Crippen LogP contribution in [0.15, 0.2) is 0 Å². The number of carbonyl (C=O) groups is 2. The first-order chi connectivity index (χ1) is 11.5. The monoisotopic (exact) mass is 367 g/mol. The van der Waals surface area contributed by atoms with Gasteiger partial charge in [-0.15, -0.1) is 0 Å². The van der Waals surface area contributed by atoms with Gasteiger partial charge in [-0.2, -0.15) is 0 Å². The van der Waals surface area contributed by atoms with Crippen LogP contribution in [0, 0.1) is 5.92 Å². The molecule has 0 N–H and O–H groups in total. The van der Waals surface area contributed by atoms with E-state index in [1.807, 2.05) is 0 Å². The maximum atomic E-state index is 12.6. The summed E-state index contributed by atoms with van der Waals surface area (Å²) in [5.41, 5.74) is 0. The Morgan fingerprint density at radius 1 is 1.16 bits per heavy atom. The number of fused-ring (bicyclic) bond motifs is 1. The average molecular weight is 368 g/mol. The molecule has 4 aliphatic heterocycles. The molecule has 0 amide bonds. The quantitative estimate of drug-likeness (QED) is 0.434. The molecule has 6 heteroatoms. The summed E-state index contributed by atoms with van der Waals surface area (Å²) in [6.07, 6.45) is 3.88. The minimum absolute atomic E-state index is 0.0308. The summed E-state index contributed by atoms with van der Waals surface area (Å²) in [6.45, 7) is 13.5. The molecule has 3 atom stereocenters. The number of piperidine rings is 4. The van der Waals surface area contributed by atoms with E-state index in [2.05, 4.69) is 38.8 Å². The number of esters is 1. The first kappa shape index (κ1) is 19.0. The normalized spacial score (nSPS) is 37.9. The van der Waals surface area contributed by atoms with Crippen molar-refractivity contribution in [2.45, 2.75) is 95.7 Å². The van der Waals surface area contributed by atoms with E-state index in [1.54, 1.807) is 6.92 Å². The van der Waals surface area contributed by atoms with Crippen LogP contribution >= 0.6 is 0 Å². The van der Waals surface area contributed by atoms with Gasteiger partial charge in [0.05, 0.1) is 6.61 Å². The summed E-state index contributed by atoms with van der Waals surface area (Å²) >= 11 is 0. The van der Waals surface area contributed by atoms with Gasteiger partial charge in [0.15, 0.2) is 20.1 Å². The van der Waals surface area contributed by atoms with E-state index in [-0.39, 0.29) is 40.9 Å². The van der Waals surface area contributed by atoms with E-state index in [0.717, 1.165) is 25.7 Å². The van der Waals surface area contributed by atoms with Crippen molar-refractivity contribution in [2.75, 3.05) is 6.61 Å². The Balaban J connectivity index is 1.75. The topological polar surface area (TPSA) is 55.8 Å². The Hall–Kier alpha value is -0.723. The van der Waals surface area contributed by atoms with Crippen LogP contribution in [0.5, 0.6) is 0 Å². The lowest BCUT2D eigenvalue weighted by molar-refractivity contribution is -0.174. The Bertz CT molecular complexity index is 540. The van der Waals surface area contributed by atoms with Crippen LogP contribution in [0.2, 0.25) is 18.1 Å². The highest BCUT2D eigenvalue weighted by Gasteiger charge is 2.57. The maximum Gasteiger partial charge on any atom is 0.331 e. The van der Waals surface area contributed by atoms with Crippen LogP contribution in [0.3, 0.4) is 0 Å². The van der Waals surface area contributed by atoms with Crippen molar-refractivity contribution < 1.29 is 18.8 Å². The van der Waals surface area contributed by atoms with Crippen LogP contribution in [-0.4, -0.2) is 55.8 Å². The number of carbonyl (C=O) groups excluding carboxylic acids is 2. The number of Topliss-reactive ketones (excluding diaryl/α,β-unsaturated/α-hetero) is 1. The average Bonchev–Trinajstić information content (AvgIpc) is 2.45. The van der Waals surface area contributed by atoms with Gasteiger partial charge in [-0.3, -0.25) is 9.69 Å². The molecule has 4 heterocycles. The van der Waals surface area contributed by atoms with Crippen molar-refractivity contribution in [3.8, 4) is 0 Å². The first-order valence-corrected chi connectivity index (χ1v) is 12.6. The minimum Gasteiger partial charge on any atom is -0.464 e. The minimum atomic E-state index is -1.80. The molecule has 0 aromatic rings. The number of hydrogen-bond donors (Lipinski definition) is 0. The number of hydrogen-bond acceptors (Lipinski definition) is 5. The van der Waals surface area contributed by atoms with Gasteiger partial charge < -0.3 is 9.16 Å². The zero-order chi connectivity index (χ0) is 18.6. The molecule has 0 radical (unpaired) electrons. The lowest BCUT2D eigenvalue weighted by Gasteiger charge is -2.58. The van der Waals surface area contributed by atoms with Crippen LogP contribution < -0.4 is 0 Å². The molecule has 0 spiro atoms. The SMILES string of the molecule is CCOC(=O)C1C(=O)C2CC3CC(O[Si](C)(C)C(C)(C)C)CC(C2)N31. The van der Waals surface area contributed by atoms with Crippen LogP contribution in [0.25, 0.3) is 0 Å². The summed E-state index contributed by atoms with van der Waals surface area (Å²) in [6, 6.07) is -0.116. The Kier molecular flexibility index (Phi) is 4.92. The third kappa shape index (κ3) is 3.33. The molecule has 4 aliphatic rings. The standard InChI is InChI=1S/C19H33NO4Si/c1-7-23-18(22)16-17(21)12-8-13-10-15(11-14(9-12)20(13)16)24-25(5,6)19(2,3)4/h12-16H,7-11H2,1-6H3. The fraction of sp³-hybridized carbons (Fsp3) is 0.895. The molecule has 142 valence electrons. The van der Waals surface area contributed by atoms with Gasteiger partial charge in [-0.25, -0.2) is 4.79 Å². The summed E-state index contributed by atoms with van der Waals surface area (Å²) in [5, 5.41) is 0.197. The molecular weight excluding hydrogens is 334 g/mol. The van der Waals surface area contributed by atoms with Crippen LogP contribution in [-0.2, 0) is 18.8 Å². The van der Waals surface area contributed by atoms with E-state index in [1.165, 1.54) is 0 Å². The zero-order valence-corrected chi connectivity index (χ0v) is 17.5. The van der Waals surface area contributed by atoms with E-state index >= 15 is 0 Å². The summed E-state index contributed by atoms with van der Waals surface area (Å²) in [7, 11) is -1.80. The Morgan fingerprint density at radius 2 is 1.72 bits per heavy atom. The summed E-state index contributed by atoms with van der Waals surface area (Å²) in [5.74, 6) is -0.242. The number of ketones is 1. The highest BCUT2D eigenvalue weighted by atomic mass is 28.4. The highest BCUT2D eigenvalue weighted by Crippen LogP contribution is 2.47. The van der Waals surface area contributed by atoms with E-state index in [9.17, 15) is 9.59 Å². The van der Waals surface area contributed by atoms with Crippen molar-refractivity contribution in [3.63, 3.8) is 0 Å². The molecule has 4 fully saturated rings.